The molecule has 0 unspecified atom stereocenters. The molecule has 1 amide bonds. The summed E-state index contributed by atoms with van der Waals surface area (Å²) in [7, 11) is 1.61. The summed E-state index contributed by atoms with van der Waals surface area (Å²) in [6.45, 7) is 0.866. The van der Waals surface area contributed by atoms with Crippen LogP contribution in [-0.2, 0) is 11.3 Å². The maximum Gasteiger partial charge on any atom is 0.394 e. The molecule has 0 aliphatic heterocycles. The standard InChI is InChI=1S/C17H15ClF2N4O2S/c1-17(19,20)26-11-5-3-10(4-6-11)14-15-16(27-9-21-15)23-12(22-14)8-24(2)13(25)7-18/h3-6,9H,7-8H2,1-2H3. The lowest BCUT2D eigenvalue weighted by Gasteiger charge is -2.15. The Morgan fingerprint density at radius 3 is 2.63 bits per heavy atom. The molecule has 27 heavy (non-hydrogen) atoms. The summed E-state index contributed by atoms with van der Waals surface area (Å²) in [6, 6.07) is 6.13. The van der Waals surface area contributed by atoms with Crippen LogP contribution >= 0.6 is 22.9 Å². The van der Waals surface area contributed by atoms with E-state index in [0.29, 0.717) is 34.4 Å². The van der Waals surface area contributed by atoms with Crippen molar-refractivity contribution in [2.75, 3.05) is 12.9 Å². The van der Waals surface area contributed by atoms with Gasteiger partial charge in [0.05, 0.1) is 12.1 Å². The van der Waals surface area contributed by atoms with Crippen LogP contribution in [0.5, 0.6) is 5.75 Å². The number of amides is 1. The molecule has 0 radical (unpaired) electrons. The Bertz CT molecular complexity index is 960. The van der Waals surface area contributed by atoms with E-state index in [0.717, 1.165) is 0 Å². The summed E-state index contributed by atoms with van der Waals surface area (Å²) in [4.78, 5) is 27.0. The number of thiazole rings is 1. The van der Waals surface area contributed by atoms with Gasteiger partial charge in [-0.15, -0.1) is 22.9 Å². The minimum atomic E-state index is -3.26. The second-order valence-electron chi connectivity index (χ2n) is 5.81. The van der Waals surface area contributed by atoms with Crippen LogP contribution in [0.1, 0.15) is 12.7 Å². The van der Waals surface area contributed by atoms with Crippen LogP contribution in [-0.4, -0.2) is 44.8 Å². The molecule has 0 fully saturated rings. The molecule has 10 heteroatoms. The number of hydrogen-bond acceptors (Lipinski definition) is 6. The Balaban J connectivity index is 1.95. The number of ether oxygens (including phenoxy) is 1. The summed E-state index contributed by atoms with van der Waals surface area (Å²) in [5.74, 6) is 0.106. The molecule has 142 valence electrons. The van der Waals surface area contributed by atoms with Crippen molar-refractivity contribution >= 4 is 39.2 Å². The third-order valence-electron chi connectivity index (χ3n) is 3.59. The molecular weight excluding hydrogens is 398 g/mol. The molecule has 0 spiro atoms. The van der Waals surface area contributed by atoms with Crippen molar-refractivity contribution in [2.45, 2.75) is 19.6 Å². The number of carbonyl (C=O) groups excluding carboxylic acids is 1. The van der Waals surface area contributed by atoms with E-state index < -0.39 is 6.11 Å². The van der Waals surface area contributed by atoms with Gasteiger partial charge in [-0.05, 0) is 24.3 Å². The first-order chi connectivity index (χ1) is 12.8. The van der Waals surface area contributed by atoms with E-state index in [9.17, 15) is 13.6 Å². The van der Waals surface area contributed by atoms with Gasteiger partial charge in [0.1, 0.15) is 33.5 Å². The van der Waals surface area contributed by atoms with E-state index in [2.05, 4.69) is 19.7 Å². The zero-order valence-electron chi connectivity index (χ0n) is 14.4. The van der Waals surface area contributed by atoms with Crippen LogP contribution in [0, 0.1) is 0 Å². The molecular formula is C17H15ClF2N4O2S. The predicted octanol–water partition coefficient (Wildman–Crippen LogP) is 3.94. The quantitative estimate of drug-likeness (QED) is 0.573. The molecule has 2 aromatic heterocycles. The first-order valence-electron chi connectivity index (χ1n) is 7.84. The van der Waals surface area contributed by atoms with Crippen molar-refractivity contribution < 1.29 is 18.3 Å². The van der Waals surface area contributed by atoms with Crippen LogP contribution in [0.3, 0.4) is 0 Å². The SMILES string of the molecule is CN(Cc1nc(-c2ccc(OC(C)(F)F)cc2)c2ncsc2n1)C(=O)CCl. The Kier molecular flexibility index (Phi) is 5.52. The van der Waals surface area contributed by atoms with Gasteiger partial charge in [-0.3, -0.25) is 4.79 Å². The highest BCUT2D eigenvalue weighted by Crippen LogP contribution is 2.30. The number of rotatable bonds is 6. The predicted molar refractivity (Wildman–Crippen MR) is 99.1 cm³/mol. The highest BCUT2D eigenvalue weighted by Gasteiger charge is 2.23. The topological polar surface area (TPSA) is 68.2 Å². The summed E-state index contributed by atoms with van der Waals surface area (Å²) in [6.07, 6.45) is -3.26. The highest BCUT2D eigenvalue weighted by molar-refractivity contribution is 7.16. The summed E-state index contributed by atoms with van der Waals surface area (Å²) in [5.41, 5.74) is 3.48. The third kappa shape index (κ3) is 4.67. The minimum Gasteiger partial charge on any atom is -0.433 e. The lowest BCUT2D eigenvalue weighted by atomic mass is 10.1. The Morgan fingerprint density at radius 2 is 2.00 bits per heavy atom. The van der Waals surface area contributed by atoms with Gasteiger partial charge in [0.2, 0.25) is 5.91 Å². The van der Waals surface area contributed by atoms with Crippen LogP contribution in [0.2, 0.25) is 0 Å². The summed E-state index contributed by atoms with van der Waals surface area (Å²) < 4.78 is 30.5. The van der Waals surface area contributed by atoms with E-state index in [-0.39, 0.29) is 24.1 Å². The first kappa shape index (κ1) is 19.4. The molecule has 0 saturated heterocycles. The largest absolute Gasteiger partial charge is 0.433 e. The minimum absolute atomic E-state index is 0.0440. The van der Waals surface area contributed by atoms with Crippen molar-refractivity contribution in [1.82, 2.24) is 19.9 Å². The van der Waals surface area contributed by atoms with Gasteiger partial charge >= 0.3 is 6.11 Å². The lowest BCUT2D eigenvalue weighted by Crippen LogP contribution is -2.28. The first-order valence-corrected chi connectivity index (χ1v) is 9.25. The normalized spacial score (nSPS) is 11.6. The molecule has 0 N–H and O–H groups in total. The highest BCUT2D eigenvalue weighted by atomic mass is 35.5. The van der Waals surface area contributed by atoms with Crippen LogP contribution in [0.25, 0.3) is 21.6 Å². The number of aromatic nitrogens is 3. The second kappa shape index (κ2) is 7.69. The summed E-state index contributed by atoms with van der Waals surface area (Å²) >= 11 is 6.92. The number of benzene rings is 1. The van der Waals surface area contributed by atoms with Crippen molar-refractivity contribution in [3.05, 3.63) is 35.6 Å². The fourth-order valence-electron chi connectivity index (χ4n) is 2.37. The number of fused-ring (bicyclic) bond motifs is 1. The second-order valence-corrected chi connectivity index (χ2v) is 6.91. The zero-order valence-corrected chi connectivity index (χ0v) is 16.0. The van der Waals surface area contributed by atoms with E-state index in [1.54, 1.807) is 24.7 Å². The molecule has 0 aliphatic rings. The van der Waals surface area contributed by atoms with Crippen molar-refractivity contribution in [2.24, 2.45) is 0 Å². The van der Waals surface area contributed by atoms with Crippen molar-refractivity contribution in [3.63, 3.8) is 0 Å². The Morgan fingerprint density at radius 1 is 1.30 bits per heavy atom. The molecule has 0 saturated carbocycles. The monoisotopic (exact) mass is 412 g/mol. The maximum atomic E-state index is 13.0. The van der Waals surface area contributed by atoms with Gasteiger partial charge in [0.25, 0.3) is 0 Å². The number of hydrogen-bond donors (Lipinski definition) is 0. The molecule has 6 nitrogen and oxygen atoms in total. The molecule has 1 aromatic carbocycles. The van der Waals surface area contributed by atoms with Gasteiger partial charge < -0.3 is 9.64 Å². The van der Waals surface area contributed by atoms with Crippen LogP contribution < -0.4 is 4.74 Å². The van der Waals surface area contributed by atoms with Crippen LogP contribution in [0.4, 0.5) is 8.78 Å². The Labute approximate surface area is 162 Å². The number of nitrogens with zero attached hydrogens (tertiary/aromatic N) is 4. The van der Waals surface area contributed by atoms with Gasteiger partial charge in [-0.25, -0.2) is 15.0 Å². The third-order valence-corrected chi connectivity index (χ3v) is 4.54. The van der Waals surface area contributed by atoms with E-state index in [1.165, 1.54) is 28.4 Å². The van der Waals surface area contributed by atoms with E-state index in [4.69, 9.17) is 11.6 Å². The average molecular weight is 413 g/mol. The van der Waals surface area contributed by atoms with Crippen molar-refractivity contribution in [3.8, 4) is 17.0 Å². The summed E-state index contributed by atoms with van der Waals surface area (Å²) in [5, 5.41) is 0. The smallest absolute Gasteiger partial charge is 0.394 e. The van der Waals surface area contributed by atoms with Gasteiger partial charge in [-0.1, -0.05) is 0 Å². The van der Waals surface area contributed by atoms with E-state index in [1.807, 2.05) is 0 Å². The van der Waals surface area contributed by atoms with Gasteiger partial charge in [-0.2, -0.15) is 8.78 Å². The number of alkyl halides is 3. The maximum absolute atomic E-state index is 13.0. The molecule has 0 bridgehead atoms. The fourth-order valence-corrected chi connectivity index (χ4v) is 3.25. The average Bonchev–Trinajstić information content (AvgIpc) is 3.08. The molecule has 3 rings (SSSR count). The molecule has 0 aliphatic carbocycles. The van der Waals surface area contributed by atoms with E-state index >= 15 is 0 Å². The van der Waals surface area contributed by atoms with Crippen LogP contribution in [0.15, 0.2) is 29.8 Å². The lowest BCUT2D eigenvalue weighted by molar-refractivity contribution is -0.158. The fraction of sp³-hybridized carbons (Fsp3) is 0.294. The Hall–Kier alpha value is -2.39. The number of halogens is 3. The molecule has 2 heterocycles. The van der Waals surface area contributed by atoms with Crippen molar-refractivity contribution in [1.29, 1.82) is 0 Å². The van der Waals surface area contributed by atoms with Gasteiger partial charge in [0.15, 0.2) is 0 Å². The number of carbonyl (C=O) groups is 1. The molecule has 0 atom stereocenters. The zero-order chi connectivity index (χ0) is 19.6. The molecule has 3 aromatic rings. The van der Waals surface area contributed by atoms with Gasteiger partial charge in [0, 0.05) is 19.5 Å².